The molecule has 0 aliphatic carbocycles. The van der Waals surface area contributed by atoms with E-state index in [-0.39, 0.29) is 10.3 Å². The summed E-state index contributed by atoms with van der Waals surface area (Å²) < 4.78 is 38.5. The van der Waals surface area contributed by atoms with E-state index >= 15 is 0 Å². The Morgan fingerprint density at radius 2 is 1.88 bits per heavy atom. The molecule has 3 rings (SSSR count). The zero-order chi connectivity index (χ0) is 18.7. The third-order valence-corrected chi connectivity index (χ3v) is 7.81. The minimum absolute atomic E-state index is 0.00534. The molecule has 1 fully saturated rings. The number of sulfonamides is 1. The van der Waals surface area contributed by atoms with Crippen LogP contribution < -0.4 is 14.8 Å². The van der Waals surface area contributed by atoms with Crippen LogP contribution in [0.1, 0.15) is 12.8 Å². The maximum atomic E-state index is 12.8. The van der Waals surface area contributed by atoms with E-state index < -0.39 is 10.0 Å². The Morgan fingerprint density at radius 1 is 1.19 bits per heavy atom. The average molecular weight is 417 g/mol. The highest BCUT2D eigenvalue weighted by atomic mass is 35.5. The van der Waals surface area contributed by atoms with Crippen molar-refractivity contribution in [2.75, 3.05) is 32.6 Å². The van der Waals surface area contributed by atoms with Crippen LogP contribution in [0.5, 0.6) is 11.5 Å². The van der Waals surface area contributed by atoms with Crippen LogP contribution in [0.3, 0.4) is 0 Å². The average Bonchev–Trinajstić information content (AvgIpc) is 3.09. The first-order chi connectivity index (χ1) is 12.4. The second kappa shape index (κ2) is 8.04. The monoisotopic (exact) mass is 416 g/mol. The largest absolute Gasteiger partial charge is 0.497 e. The van der Waals surface area contributed by atoms with Gasteiger partial charge >= 0.3 is 0 Å². The number of hydrogen-bond donors (Lipinski definition) is 1. The number of piperidine rings is 1. The van der Waals surface area contributed by atoms with Gasteiger partial charge in [0.25, 0.3) is 10.0 Å². The maximum Gasteiger partial charge on any atom is 0.252 e. The van der Waals surface area contributed by atoms with Crippen LogP contribution in [0.25, 0.3) is 0 Å². The number of nitrogens with zero attached hydrogens (tertiary/aromatic N) is 1. The topological polar surface area (TPSA) is 67.9 Å². The van der Waals surface area contributed by atoms with Gasteiger partial charge in [0.05, 0.1) is 18.6 Å². The van der Waals surface area contributed by atoms with Gasteiger partial charge in [-0.15, -0.1) is 11.3 Å². The van der Waals surface area contributed by atoms with Gasteiger partial charge in [0.2, 0.25) is 0 Å². The molecular weight excluding hydrogens is 396 g/mol. The molecule has 1 aromatic heterocycles. The van der Waals surface area contributed by atoms with Crippen LogP contribution in [0.4, 0.5) is 5.69 Å². The minimum atomic E-state index is -3.51. The normalized spacial score (nSPS) is 18.5. The molecule has 1 aromatic carbocycles. The van der Waals surface area contributed by atoms with Crippen molar-refractivity contribution in [2.24, 2.45) is 0 Å². The lowest BCUT2D eigenvalue weighted by Crippen LogP contribution is -2.44. The smallest absolute Gasteiger partial charge is 0.252 e. The number of rotatable bonds is 6. The first-order valence-electron chi connectivity index (χ1n) is 8.17. The molecule has 2 heterocycles. The van der Waals surface area contributed by atoms with E-state index in [1.165, 1.54) is 4.31 Å². The lowest BCUT2D eigenvalue weighted by atomic mass is 10.1. The van der Waals surface area contributed by atoms with Gasteiger partial charge in [-0.2, -0.15) is 4.31 Å². The highest BCUT2D eigenvalue weighted by Gasteiger charge is 2.31. The van der Waals surface area contributed by atoms with Gasteiger partial charge in [0.15, 0.2) is 0 Å². The van der Waals surface area contributed by atoms with Crippen LogP contribution in [0.15, 0.2) is 34.5 Å². The molecule has 26 heavy (non-hydrogen) atoms. The Hall–Kier alpha value is -1.48. The molecule has 0 radical (unpaired) electrons. The zero-order valence-corrected chi connectivity index (χ0v) is 17.0. The summed E-state index contributed by atoms with van der Waals surface area (Å²) in [6.45, 7) is 0.912. The predicted molar refractivity (Wildman–Crippen MR) is 104 cm³/mol. The van der Waals surface area contributed by atoms with Crippen LogP contribution in [-0.2, 0) is 10.0 Å². The predicted octanol–water partition coefficient (Wildman–Crippen LogP) is 3.68. The second-order valence-electron chi connectivity index (χ2n) is 6.01. The minimum Gasteiger partial charge on any atom is -0.497 e. The van der Waals surface area contributed by atoms with Gasteiger partial charge in [0.1, 0.15) is 15.7 Å². The third kappa shape index (κ3) is 4.25. The lowest BCUT2D eigenvalue weighted by molar-refractivity contribution is 0.327. The number of hydrogen-bond acceptors (Lipinski definition) is 6. The van der Waals surface area contributed by atoms with Gasteiger partial charge in [-0.25, -0.2) is 8.42 Å². The summed E-state index contributed by atoms with van der Waals surface area (Å²) in [5, 5.41) is 3.40. The summed E-state index contributed by atoms with van der Waals surface area (Å²) >= 11 is 6.98. The van der Waals surface area contributed by atoms with Gasteiger partial charge < -0.3 is 14.8 Å². The quantitative estimate of drug-likeness (QED) is 0.777. The molecule has 1 aliphatic heterocycles. The Morgan fingerprint density at radius 3 is 2.46 bits per heavy atom. The number of methoxy groups -OCH3 is 2. The van der Waals surface area contributed by atoms with Crippen molar-refractivity contribution in [3.8, 4) is 11.5 Å². The zero-order valence-electron chi connectivity index (χ0n) is 14.6. The van der Waals surface area contributed by atoms with Crippen molar-refractivity contribution in [3.05, 3.63) is 34.7 Å². The molecule has 0 saturated carbocycles. The SMILES string of the molecule is COc1cc(NC2CCCN(S(=O)(=O)c3ccc(Cl)s3)C2)cc(OC)c1. The van der Waals surface area contributed by atoms with Gasteiger partial charge in [-0.1, -0.05) is 11.6 Å². The molecule has 0 bridgehead atoms. The first kappa shape index (κ1) is 19.3. The maximum absolute atomic E-state index is 12.8. The number of halogens is 1. The highest BCUT2D eigenvalue weighted by molar-refractivity contribution is 7.91. The van der Waals surface area contributed by atoms with Crippen LogP contribution in [0, 0.1) is 0 Å². The molecule has 2 aromatic rings. The van der Waals surface area contributed by atoms with E-state index in [9.17, 15) is 8.42 Å². The summed E-state index contributed by atoms with van der Waals surface area (Å²) in [5.41, 5.74) is 0.838. The molecule has 0 spiro atoms. The molecule has 0 amide bonds. The summed E-state index contributed by atoms with van der Waals surface area (Å²) in [5.74, 6) is 1.36. The summed E-state index contributed by atoms with van der Waals surface area (Å²) in [7, 11) is -0.320. The molecule has 9 heteroatoms. The van der Waals surface area contributed by atoms with Crippen LogP contribution in [0.2, 0.25) is 4.34 Å². The molecule has 1 unspecified atom stereocenters. The molecule has 1 aliphatic rings. The third-order valence-electron chi connectivity index (χ3n) is 4.25. The van der Waals surface area contributed by atoms with Crippen molar-refractivity contribution in [1.82, 2.24) is 4.31 Å². The number of benzene rings is 1. The summed E-state index contributed by atoms with van der Waals surface area (Å²) in [6, 6.07) is 8.71. The molecule has 1 N–H and O–H groups in total. The Bertz CT molecular complexity index is 847. The van der Waals surface area contributed by atoms with Crippen molar-refractivity contribution < 1.29 is 17.9 Å². The standard InChI is InChI=1S/C17H21ClN2O4S2/c1-23-14-8-13(9-15(10-14)24-2)19-12-4-3-7-20(11-12)26(21,22)17-6-5-16(18)25-17/h5-6,8-10,12,19H,3-4,7,11H2,1-2H3. The number of anilines is 1. The van der Waals surface area contributed by atoms with E-state index in [0.29, 0.717) is 28.9 Å². The Kier molecular flexibility index (Phi) is 5.96. The Labute approximate surface area is 162 Å². The summed E-state index contributed by atoms with van der Waals surface area (Å²) in [6.07, 6.45) is 1.67. The molecule has 1 saturated heterocycles. The summed E-state index contributed by atoms with van der Waals surface area (Å²) in [4.78, 5) is 0. The van der Waals surface area contributed by atoms with Crippen molar-refractivity contribution >= 4 is 38.6 Å². The van der Waals surface area contributed by atoms with Gasteiger partial charge in [-0.3, -0.25) is 0 Å². The van der Waals surface area contributed by atoms with E-state index in [1.807, 2.05) is 12.1 Å². The molecule has 142 valence electrons. The second-order valence-corrected chi connectivity index (χ2v) is 9.89. The lowest BCUT2D eigenvalue weighted by Gasteiger charge is -2.32. The van der Waals surface area contributed by atoms with Gasteiger partial charge in [-0.05, 0) is 25.0 Å². The van der Waals surface area contributed by atoms with Crippen LogP contribution >= 0.6 is 22.9 Å². The van der Waals surface area contributed by atoms with E-state index in [2.05, 4.69) is 5.32 Å². The number of thiophene rings is 1. The number of ether oxygens (including phenoxy) is 2. The fraction of sp³-hybridized carbons (Fsp3) is 0.412. The first-order valence-corrected chi connectivity index (χ1v) is 10.8. The highest BCUT2D eigenvalue weighted by Crippen LogP contribution is 2.31. The van der Waals surface area contributed by atoms with Crippen molar-refractivity contribution in [2.45, 2.75) is 23.1 Å². The van der Waals surface area contributed by atoms with E-state index in [4.69, 9.17) is 21.1 Å². The van der Waals surface area contributed by atoms with Crippen molar-refractivity contribution in [3.63, 3.8) is 0 Å². The Balaban J connectivity index is 1.75. The molecular formula is C17H21ClN2O4S2. The van der Waals surface area contributed by atoms with Crippen molar-refractivity contribution in [1.29, 1.82) is 0 Å². The molecule has 1 atom stereocenters. The fourth-order valence-corrected chi connectivity index (χ4v) is 6.13. The van der Waals surface area contributed by atoms with E-state index in [0.717, 1.165) is 29.9 Å². The van der Waals surface area contributed by atoms with Crippen LogP contribution in [-0.4, -0.2) is 46.1 Å². The number of nitrogens with one attached hydrogen (secondary N) is 1. The molecule has 6 nitrogen and oxygen atoms in total. The fourth-order valence-electron chi connectivity index (χ4n) is 2.97. The van der Waals surface area contributed by atoms with E-state index in [1.54, 1.807) is 32.4 Å². The van der Waals surface area contributed by atoms with Gasteiger partial charge in [0, 0.05) is 43.0 Å².